The molecule has 3 aromatic rings. The third-order valence-corrected chi connectivity index (χ3v) is 8.71. The summed E-state index contributed by atoms with van der Waals surface area (Å²) in [5, 5.41) is -0.370. The summed E-state index contributed by atoms with van der Waals surface area (Å²) in [6, 6.07) is 2.80. The number of amides is 1. The van der Waals surface area contributed by atoms with Crippen molar-refractivity contribution in [1.29, 1.82) is 0 Å². The lowest BCUT2D eigenvalue weighted by Crippen LogP contribution is -2.26. The van der Waals surface area contributed by atoms with Gasteiger partial charge in [-0.25, -0.2) is 22.8 Å². The molecule has 0 aliphatic heterocycles. The number of sulfonamides is 1. The number of anilines is 1. The van der Waals surface area contributed by atoms with Crippen molar-refractivity contribution in [3.05, 3.63) is 51.5 Å². The molecule has 1 amide bonds. The Morgan fingerprint density at radius 2 is 2.03 bits per heavy atom. The lowest BCUT2D eigenvalue weighted by Gasteiger charge is -2.28. The third kappa shape index (κ3) is 4.95. The topological polar surface area (TPSA) is 137 Å². The van der Waals surface area contributed by atoms with Crippen LogP contribution < -0.4 is 15.2 Å². The van der Waals surface area contributed by atoms with Crippen molar-refractivity contribution in [3.8, 4) is 17.1 Å². The zero-order valence-electron chi connectivity index (χ0n) is 19.1. The molecule has 3 N–H and O–H groups in total. The number of nitrogens with one attached hydrogen (secondary N) is 1. The minimum Gasteiger partial charge on any atom is -0.477 e. The van der Waals surface area contributed by atoms with Crippen molar-refractivity contribution in [3.63, 3.8) is 0 Å². The van der Waals surface area contributed by atoms with Gasteiger partial charge in [0, 0.05) is 16.5 Å². The van der Waals surface area contributed by atoms with Gasteiger partial charge in [-0.2, -0.15) is 0 Å². The average molecular weight is 540 g/mol. The second kappa shape index (κ2) is 9.32. The molecule has 186 valence electrons. The zero-order valence-corrected chi connectivity index (χ0v) is 21.5. The summed E-state index contributed by atoms with van der Waals surface area (Å²) in [5.74, 6) is -1.55. The SMILES string of the molecule is CCOc1cncc(-c2ccc(C(N)=O)c(F)c2C(C)(C)c2nc(NS(=O)(=O)C3CC3)sc2Cl)n1. The molecular weight excluding hydrogens is 517 g/mol. The predicted octanol–water partition coefficient (Wildman–Crippen LogP) is 4.12. The van der Waals surface area contributed by atoms with Crippen molar-refractivity contribution < 1.29 is 22.3 Å². The van der Waals surface area contributed by atoms with E-state index >= 15 is 4.39 Å². The number of hydrogen-bond acceptors (Lipinski definition) is 8. The lowest BCUT2D eigenvalue weighted by molar-refractivity contribution is 0.0996. The first-order chi connectivity index (χ1) is 16.5. The van der Waals surface area contributed by atoms with E-state index in [9.17, 15) is 13.2 Å². The number of rotatable bonds is 9. The van der Waals surface area contributed by atoms with E-state index in [4.69, 9.17) is 22.1 Å². The second-order valence-corrected chi connectivity index (χ2v) is 12.1. The minimum atomic E-state index is -3.57. The van der Waals surface area contributed by atoms with E-state index in [1.54, 1.807) is 20.8 Å². The van der Waals surface area contributed by atoms with Crippen LogP contribution in [0.4, 0.5) is 9.52 Å². The largest absolute Gasteiger partial charge is 0.477 e. The van der Waals surface area contributed by atoms with E-state index in [1.807, 2.05) is 0 Å². The van der Waals surface area contributed by atoms with Crippen LogP contribution in [0.15, 0.2) is 24.5 Å². The van der Waals surface area contributed by atoms with Gasteiger partial charge >= 0.3 is 0 Å². The molecule has 1 aliphatic rings. The van der Waals surface area contributed by atoms with Gasteiger partial charge in [0.1, 0.15) is 10.2 Å². The van der Waals surface area contributed by atoms with Crippen molar-refractivity contribution in [1.82, 2.24) is 15.0 Å². The van der Waals surface area contributed by atoms with Gasteiger partial charge in [0.05, 0.1) is 41.2 Å². The van der Waals surface area contributed by atoms with E-state index in [0.717, 1.165) is 11.3 Å². The Morgan fingerprint density at radius 1 is 1.31 bits per heavy atom. The first-order valence-corrected chi connectivity index (χ1v) is 13.5. The van der Waals surface area contributed by atoms with Gasteiger partial charge in [0.2, 0.25) is 15.9 Å². The molecule has 0 saturated heterocycles. The number of aromatic nitrogens is 3. The van der Waals surface area contributed by atoms with Gasteiger partial charge in [-0.05, 0) is 39.7 Å². The Labute approximate surface area is 211 Å². The van der Waals surface area contributed by atoms with E-state index in [2.05, 4.69) is 19.7 Å². The molecule has 0 bridgehead atoms. The maximum absolute atomic E-state index is 15.9. The zero-order chi connectivity index (χ0) is 25.5. The highest BCUT2D eigenvalue weighted by atomic mass is 35.5. The fourth-order valence-corrected chi connectivity index (χ4v) is 6.65. The molecule has 1 aromatic carbocycles. The highest BCUT2D eigenvalue weighted by Crippen LogP contribution is 2.45. The molecule has 1 fully saturated rings. The fourth-order valence-electron chi connectivity index (χ4n) is 3.72. The number of nitrogens with two attached hydrogens (primary N) is 1. The Morgan fingerprint density at radius 3 is 2.66 bits per heavy atom. The molecule has 13 heteroatoms. The number of benzene rings is 1. The van der Waals surface area contributed by atoms with Gasteiger partial charge in [-0.15, -0.1) is 0 Å². The molecule has 0 unspecified atom stereocenters. The van der Waals surface area contributed by atoms with Crippen LogP contribution in [0.2, 0.25) is 4.34 Å². The van der Waals surface area contributed by atoms with E-state index in [0.29, 0.717) is 30.7 Å². The summed E-state index contributed by atoms with van der Waals surface area (Å²) in [5.41, 5.74) is 4.78. The first kappa shape index (κ1) is 25.3. The molecule has 2 heterocycles. The number of hydrogen-bond donors (Lipinski definition) is 2. The van der Waals surface area contributed by atoms with Gasteiger partial charge in [0.15, 0.2) is 5.13 Å². The van der Waals surface area contributed by atoms with Gasteiger partial charge < -0.3 is 10.5 Å². The number of nitrogens with zero attached hydrogens (tertiary/aromatic N) is 3. The fraction of sp³-hybridized carbons (Fsp3) is 0.364. The minimum absolute atomic E-state index is 0.0561. The predicted molar refractivity (Wildman–Crippen MR) is 132 cm³/mol. The molecule has 1 aliphatic carbocycles. The van der Waals surface area contributed by atoms with Crippen molar-refractivity contribution in [2.24, 2.45) is 5.73 Å². The van der Waals surface area contributed by atoms with Crippen LogP contribution in [-0.2, 0) is 15.4 Å². The van der Waals surface area contributed by atoms with E-state index < -0.39 is 32.4 Å². The van der Waals surface area contributed by atoms with Crippen LogP contribution in [0.3, 0.4) is 0 Å². The van der Waals surface area contributed by atoms with Crippen molar-refractivity contribution >= 4 is 44.0 Å². The molecule has 0 atom stereocenters. The normalized spacial score (nSPS) is 14.1. The Hall–Kier alpha value is -2.83. The summed E-state index contributed by atoms with van der Waals surface area (Å²) in [4.78, 5) is 24.9. The molecule has 1 saturated carbocycles. The summed E-state index contributed by atoms with van der Waals surface area (Å²) in [6.07, 6.45) is 4.05. The third-order valence-electron chi connectivity index (χ3n) is 5.58. The van der Waals surface area contributed by atoms with Crippen LogP contribution in [-0.4, -0.2) is 41.1 Å². The first-order valence-electron chi connectivity index (χ1n) is 10.7. The maximum atomic E-state index is 15.9. The number of primary amides is 1. The standard InChI is InChI=1S/C22H23ClFN5O4S2/c1-4-33-15-10-26-9-14(27-15)12-7-8-13(20(25)30)17(24)16(12)22(2,3)18-19(23)34-21(28-18)29-35(31,32)11-5-6-11/h7-11H,4-6H2,1-3H3,(H2,25,30)(H,28,29). The number of thiazole rings is 1. The van der Waals surface area contributed by atoms with Crippen LogP contribution in [0.1, 0.15) is 55.2 Å². The summed E-state index contributed by atoms with van der Waals surface area (Å²) in [7, 11) is -3.57. The highest BCUT2D eigenvalue weighted by Gasteiger charge is 2.39. The molecule has 35 heavy (non-hydrogen) atoms. The van der Waals surface area contributed by atoms with E-state index in [-0.39, 0.29) is 32.2 Å². The molecule has 2 aromatic heterocycles. The number of halogens is 2. The van der Waals surface area contributed by atoms with Crippen LogP contribution >= 0.6 is 22.9 Å². The maximum Gasteiger partial charge on any atom is 0.251 e. The smallest absolute Gasteiger partial charge is 0.251 e. The van der Waals surface area contributed by atoms with Gasteiger partial charge in [-0.3, -0.25) is 14.5 Å². The van der Waals surface area contributed by atoms with Crippen LogP contribution in [0.5, 0.6) is 5.88 Å². The molecular formula is C22H23ClFN5O4S2. The number of carbonyl (C=O) groups is 1. The van der Waals surface area contributed by atoms with Crippen molar-refractivity contribution in [2.75, 3.05) is 11.3 Å². The van der Waals surface area contributed by atoms with Gasteiger partial charge in [-0.1, -0.05) is 29.0 Å². The molecule has 9 nitrogen and oxygen atoms in total. The Balaban J connectivity index is 1.87. The van der Waals surface area contributed by atoms with E-state index in [1.165, 1.54) is 24.5 Å². The summed E-state index contributed by atoms with van der Waals surface area (Å²) < 4.78 is 48.7. The van der Waals surface area contributed by atoms with Crippen LogP contribution in [0, 0.1) is 5.82 Å². The molecule has 0 spiro atoms. The lowest BCUT2D eigenvalue weighted by atomic mass is 9.77. The molecule has 4 rings (SSSR count). The molecule has 0 radical (unpaired) electrons. The number of carbonyl (C=O) groups excluding carboxylic acids is 1. The monoisotopic (exact) mass is 539 g/mol. The van der Waals surface area contributed by atoms with Gasteiger partial charge in [0.25, 0.3) is 5.91 Å². The summed E-state index contributed by atoms with van der Waals surface area (Å²) >= 11 is 7.42. The second-order valence-electron chi connectivity index (χ2n) is 8.50. The number of ether oxygens (including phenoxy) is 1. The Bertz CT molecular complexity index is 1410. The quantitative estimate of drug-likeness (QED) is 0.417. The van der Waals surface area contributed by atoms with Crippen molar-refractivity contribution in [2.45, 2.75) is 44.3 Å². The van der Waals surface area contributed by atoms with Crippen LogP contribution in [0.25, 0.3) is 11.3 Å². The Kier molecular flexibility index (Phi) is 6.73. The summed E-state index contributed by atoms with van der Waals surface area (Å²) in [6.45, 7) is 5.49. The average Bonchev–Trinajstić information content (AvgIpc) is 3.57. The highest BCUT2D eigenvalue weighted by molar-refractivity contribution is 7.93.